The normalized spacial score (nSPS) is 11.9. The summed E-state index contributed by atoms with van der Waals surface area (Å²) >= 11 is 0. The fraction of sp³-hybridized carbons (Fsp3) is 0.278. The molecular formula is C18H21N3O3S. The number of aromatic amines is 1. The molecule has 25 heavy (non-hydrogen) atoms. The number of aryl methyl sites for hydroxylation is 2. The van der Waals surface area contributed by atoms with E-state index < -0.39 is 10.0 Å². The van der Waals surface area contributed by atoms with Crippen molar-refractivity contribution >= 4 is 21.1 Å². The summed E-state index contributed by atoms with van der Waals surface area (Å²) in [6, 6.07) is 14.3. The Morgan fingerprint density at radius 2 is 1.80 bits per heavy atom. The molecular weight excluding hydrogens is 338 g/mol. The number of nitrogens with zero attached hydrogens (tertiary/aromatic N) is 1. The van der Waals surface area contributed by atoms with Crippen molar-refractivity contribution in [2.75, 3.05) is 6.54 Å². The van der Waals surface area contributed by atoms with Crippen LogP contribution in [0.25, 0.3) is 11.0 Å². The summed E-state index contributed by atoms with van der Waals surface area (Å²) in [6.45, 7) is 2.73. The van der Waals surface area contributed by atoms with Crippen molar-refractivity contribution in [1.29, 1.82) is 0 Å². The monoisotopic (exact) mass is 359 g/mol. The molecule has 0 aliphatic heterocycles. The van der Waals surface area contributed by atoms with Crippen LogP contribution in [-0.4, -0.2) is 24.5 Å². The summed E-state index contributed by atoms with van der Waals surface area (Å²) in [5, 5.41) is 0. The van der Waals surface area contributed by atoms with E-state index in [1.807, 2.05) is 43.3 Å². The molecule has 3 aromatic rings. The number of aromatic nitrogens is 2. The maximum absolute atomic E-state index is 12.3. The fourth-order valence-electron chi connectivity index (χ4n) is 2.76. The first-order valence-electron chi connectivity index (χ1n) is 8.27. The molecule has 0 unspecified atom stereocenters. The third-order valence-corrected chi connectivity index (χ3v) is 5.65. The Bertz CT molecular complexity index is 1020. The van der Waals surface area contributed by atoms with Crippen LogP contribution in [0, 0.1) is 0 Å². The van der Waals surface area contributed by atoms with Gasteiger partial charge in [-0.05, 0) is 42.7 Å². The molecule has 0 aliphatic rings. The van der Waals surface area contributed by atoms with Crippen LogP contribution < -0.4 is 10.4 Å². The molecule has 6 nitrogen and oxygen atoms in total. The summed E-state index contributed by atoms with van der Waals surface area (Å²) in [5.41, 5.74) is 2.52. The second-order valence-corrected chi connectivity index (χ2v) is 7.61. The van der Waals surface area contributed by atoms with Gasteiger partial charge in [-0.3, -0.25) is 4.57 Å². The topological polar surface area (TPSA) is 84.0 Å². The minimum absolute atomic E-state index is 0.181. The van der Waals surface area contributed by atoms with Gasteiger partial charge in [0.2, 0.25) is 10.0 Å². The van der Waals surface area contributed by atoms with Crippen molar-refractivity contribution in [1.82, 2.24) is 14.3 Å². The van der Waals surface area contributed by atoms with E-state index in [1.54, 1.807) is 16.7 Å². The van der Waals surface area contributed by atoms with Crippen molar-refractivity contribution in [3.05, 3.63) is 64.6 Å². The number of para-hydroxylation sites is 2. The van der Waals surface area contributed by atoms with E-state index in [2.05, 4.69) is 9.71 Å². The minimum Gasteiger partial charge on any atom is -0.306 e. The largest absolute Gasteiger partial charge is 0.326 e. The van der Waals surface area contributed by atoms with E-state index in [1.165, 1.54) is 0 Å². The van der Waals surface area contributed by atoms with Gasteiger partial charge in [0.05, 0.1) is 15.9 Å². The number of fused-ring (bicyclic) bond motifs is 1. The number of nitrogens with one attached hydrogen (secondary N) is 2. The molecule has 2 N–H and O–H groups in total. The number of sulfonamides is 1. The van der Waals surface area contributed by atoms with Crippen LogP contribution in [0.1, 0.15) is 18.9 Å². The van der Waals surface area contributed by atoms with E-state index in [0.29, 0.717) is 13.0 Å². The first-order valence-corrected chi connectivity index (χ1v) is 9.76. The lowest BCUT2D eigenvalue weighted by molar-refractivity contribution is 0.569. The standard InChI is InChI=1S/C18H21N3O3S/c1-2-14-8-10-15(11-9-14)25(23,24)19-12-5-13-21-17-7-4-3-6-16(17)20-18(21)22/h3-4,6-11,19H,2,5,12-13H2,1H3,(H,20,22). The maximum Gasteiger partial charge on any atom is 0.326 e. The number of rotatable bonds is 7. The molecule has 1 aromatic heterocycles. The number of hydrogen-bond donors (Lipinski definition) is 2. The average molecular weight is 359 g/mol. The molecule has 0 radical (unpaired) electrons. The number of hydrogen-bond acceptors (Lipinski definition) is 3. The Balaban J connectivity index is 1.62. The van der Waals surface area contributed by atoms with Gasteiger partial charge in [0.25, 0.3) is 0 Å². The Kier molecular flexibility index (Phi) is 5.06. The highest BCUT2D eigenvalue weighted by Gasteiger charge is 2.13. The molecule has 132 valence electrons. The summed E-state index contributed by atoms with van der Waals surface area (Å²) in [5.74, 6) is 0. The SMILES string of the molecule is CCc1ccc(S(=O)(=O)NCCCn2c(=O)[nH]c3ccccc32)cc1. The Morgan fingerprint density at radius 3 is 2.52 bits per heavy atom. The second-order valence-electron chi connectivity index (χ2n) is 5.85. The van der Waals surface area contributed by atoms with Gasteiger partial charge in [0.1, 0.15) is 0 Å². The van der Waals surface area contributed by atoms with Gasteiger partial charge in [-0.15, -0.1) is 0 Å². The van der Waals surface area contributed by atoms with Crippen molar-refractivity contribution in [2.45, 2.75) is 31.2 Å². The van der Waals surface area contributed by atoms with E-state index in [0.717, 1.165) is 23.0 Å². The lowest BCUT2D eigenvalue weighted by Crippen LogP contribution is -2.26. The molecule has 0 fully saturated rings. The predicted octanol–water partition coefficient (Wildman–Crippen LogP) is 2.26. The first kappa shape index (κ1) is 17.4. The smallest absolute Gasteiger partial charge is 0.306 e. The van der Waals surface area contributed by atoms with Crippen LogP contribution in [-0.2, 0) is 23.0 Å². The van der Waals surface area contributed by atoms with Gasteiger partial charge in [0, 0.05) is 13.1 Å². The van der Waals surface area contributed by atoms with Crippen LogP contribution in [0.3, 0.4) is 0 Å². The van der Waals surface area contributed by atoms with E-state index in [9.17, 15) is 13.2 Å². The highest BCUT2D eigenvalue weighted by molar-refractivity contribution is 7.89. The van der Waals surface area contributed by atoms with Crippen LogP contribution in [0.5, 0.6) is 0 Å². The number of benzene rings is 2. The molecule has 7 heteroatoms. The quantitative estimate of drug-likeness (QED) is 0.635. The minimum atomic E-state index is -3.52. The number of imidazole rings is 1. The highest BCUT2D eigenvalue weighted by atomic mass is 32.2. The molecule has 0 amide bonds. The molecule has 1 heterocycles. The maximum atomic E-state index is 12.3. The third kappa shape index (κ3) is 3.83. The van der Waals surface area contributed by atoms with Gasteiger partial charge in [-0.2, -0.15) is 0 Å². The second kappa shape index (κ2) is 7.25. The van der Waals surface area contributed by atoms with Gasteiger partial charge in [-0.25, -0.2) is 17.9 Å². The Labute approximate surface area is 146 Å². The van der Waals surface area contributed by atoms with Crippen LogP contribution in [0.15, 0.2) is 58.2 Å². The summed E-state index contributed by atoms with van der Waals surface area (Å²) in [6.07, 6.45) is 1.39. The zero-order chi connectivity index (χ0) is 17.9. The van der Waals surface area contributed by atoms with Crippen LogP contribution in [0.4, 0.5) is 0 Å². The summed E-state index contributed by atoms with van der Waals surface area (Å²) in [7, 11) is -3.52. The van der Waals surface area contributed by atoms with E-state index in [-0.39, 0.29) is 17.1 Å². The molecule has 2 aromatic carbocycles. The van der Waals surface area contributed by atoms with Gasteiger partial charge < -0.3 is 4.98 Å². The zero-order valence-corrected chi connectivity index (χ0v) is 14.8. The average Bonchev–Trinajstić information content (AvgIpc) is 2.94. The zero-order valence-electron chi connectivity index (χ0n) is 14.0. The van der Waals surface area contributed by atoms with Crippen molar-refractivity contribution in [2.24, 2.45) is 0 Å². The van der Waals surface area contributed by atoms with Gasteiger partial charge in [0.15, 0.2) is 0 Å². The fourth-order valence-corrected chi connectivity index (χ4v) is 3.83. The summed E-state index contributed by atoms with van der Waals surface area (Å²) in [4.78, 5) is 15.0. The highest BCUT2D eigenvalue weighted by Crippen LogP contribution is 2.12. The van der Waals surface area contributed by atoms with Crippen molar-refractivity contribution in [3.8, 4) is 0 Å². The Morgan fingerprint density at radius 1 is 1.08 bits per heavy atom. The van der Waals surface area contributed by atoms with Crippen LogP contribution in [0.2, 0.25) is 0 Å². The van der Waals surface area contributed by atoms with E-state index in [4.69, 9.17) is 0 Å². The molecule has 0 bridgehead atoms. The molecule has 0 saturated heterocycles. The van der Waals surface area contributed by atoms with Gasteiger partial charge >= 0.3 is 5.69 Å². The van der Waals surface area contributed by atoms with Crippen molar-refractivity contribution in [3.63, 3.8) is 0 Å². The molecule has 0 aliphatic carbocycles. The van der Waals surface area contributed by atoms with E-state index >= 15 is 0 Å². The lowest BCUT2D eigenvalue weighted by atomic mass is 10.2. The molecule has 0 spiro atoms. The first-order chi connectivity index (χ1) is 12.0. The molecule has 3 rings (SSSR count). The lowest BCUT2D eigenvalue weighted by Gasteiger charge is -2.08. The molecule has 0 saturated carbocycles. The molecule has 0 atom stereocenters. The third-order valence-electron chi connectivity index (χ3n) is 4.17. The number of H-pyrrole nitrogens is 1. The predicted molar refractivity (Wildman–Crippen MR) is 98.2 cm³/mol. The van der Waals surface area contributed by atoms with Crippen LogP contribution >= 0.6 is 0 Å². The van der Waals surface area contributed by atoms with Gasteiger partial charge in [-0.1, -0.05) is 31.2 Å². The summed E-state index contributed by atoms with van der Waals surface area (Å²) < 4.78 is 28.8. The Hall–Kier alpha value is -2.38. The van der Waals surface area contributed by atoms with Crippen molar-refractivity contribution < 1.29 is 8.42 Å².